The van der Waals surface area contributed by atoms with Crippen LogP contribution in [0.3, 0.4) is 0 Å². The third-order valence-corrected chi connectivity index (χ3v) is 5.05. The monoisotopic (exact) mass is 420 g/mol. The van der Waals surface area contributed by atoms with Gasteiger partial charge in [0.25, 0.3) is 11.1 Å². The van der Waals surface area contributed by atoms with Crippen LogP contribution in [0.25, 0.3) is 6.08 Å². The highest BCUT2D eigenvalue weighted by atomic mass is 35.5. The number of carbonyl (C=O) groups excluding carboxylic acids is 3. The first-order chi connectivity index (χ1) is 13.3. The molecule has 0 radical (unpaired) electrons. The lowest BCUT2D eigenvalue weighted by Crippen LogP contribution is -2.36. The van der Waals surface area contributed by atoms with Crippen molar-refractivity contribution in [2.75, 3.05) is 6.54 Å². The summed E-state index contributed by atoms with van der Waals surface area (Å²) < 4.78 is 19.4. The van der Waals surface area contributed by atoms with Crippen molar-refractivity contribution in [2.24, 2.45) is 5.73 Å². The number of carbonyl (C=O) groups is 3. The molecule has 2 aromatic rings. The molecule has 28 heavy (non-hydrogen) atoms. The molecule has 1 saturated heterocycles. The number of primary amides is 1. The van der Waals surface area contributed by atoms with E-state index in [9.17, 15) is 18.8 Å². The third kappa shape index (κ3) is 4.52. The van der Waals surface area contributed by atoms with Crippen LogP contribution in [0.4, 0.5) is 9.18 Å². The number of halogens is 2. The van der Waals surface area contributed by atoms with Crippen molar-refractivity contribution in [3.05, 3.63) is 69.3 Å². The Balaban J connectivity index is 1.75. The van der Waals surface area contributed by atoms with Gasteiger partial charge >= 0.3 is 0 Å². The number of rotatable bonds is 6. The highest BCUT2D eigenvalue weighted by molar-refractivity contribution is 8.18. The molecule has 3 amide bonds. The van der Waals surface area contributed by atoms with Crippen molar-refractivity contribution in [1.29, 1.82) is 0 Å². The minimum Gasteiger partial charge on any atom is -0.489 e. The van der Waals surface area contributed by atoms with Crippen molar-refractivity contribution < 1.29 is 23.5 Å². The van der Waals surface area contributed by atoms with Crippen molar-refractivity contribution in [3.63, 3.8) is 0 Å². The van der Waals surface area contributed by atoms with Crippen LogP contribution in [0, 0.1) is 5.82 Å². The summed E-state index contributed by atoms with van der Waals surface area (Å²) >= 11 is 6.70. The first kappa shape index (κ1) is 19.9. The van der Waals surface area contributed by atoms with E-state index in [0.29, 0.717) is 11.3 Å². The van der Waals surface area contributed by atoms with Gasteiger partial charge in [0, 0.05) is 5.56 Å². The molecule has 9 heteroatoms. The fourth-order valence-corrected chi connectivity index (χ4v) is 3.52. The van der Waals surface area contributed by atoms with Crippen molar-refractivity contribution >= 4 is 46.5 Å². The normalized spacial score (nSPS) is 15.4. The Morgan fingerprint density at radius 2 is 2.00 bits per heavy atom. The average Bonchev–Trinajstić information content (AvgIpc) is 2.89. The summed E-state index contributed by atoms with van der Waals surface area (Å²) in [6, 6.07) is 11.1. The lowest BCUT2D eigenvalue weighted by atomic mass is 10.2. The van der Waals surface area contributed by atoms with E-state index in [2.05, 4.69) is 0 Å². The van der Waals surface area contributed by atoms with E-state index >= 15 is 0 Å². The lowest BCUT2D eigenvalue weighted by molar-refractivity contribution is -0.127. The highest BCUT2D eigenvalue weighted by Gasteiger charge is 2.35. The zero-order valence-corrected chi connectivity index (χ0v) is 15.9. The van der Waals surface area contributed by atoms with E-state index in [1.165, 1.54) is 18.2 Å². The van der Waals surface area contributed by atoms with Crippen LogP contribution in [0.15, 0.2) is 47.4 Å². The molecule has 0 spiro atoms. The Hall–Kier alpha value is -2.84. The van der Waals surface area contributed by atoms with Gasteiger partial charge in [-0.2, -0.15) is 0 Å². The van der Waals surface area contributed by atoms with E-state index in [1.807, 2.05) is 0 Å². The summed E-state index contributed by atoms with van der Waals surface area (Å²) in [5.74, 6) is -1.39. The molecule has 1 heterocycles. The standard InChI is InChI=1S/C19H14ClFN2O4S/c20-14-5-2-6-15(21)13(14)10-27-12-4-1-3-11(7-12)8-16-18(25)23(9-17(22)24)19(26)28-16/h1-8H,9-10H2,(H2,22,24)/b16-8-. The van der Waals surface area contributed by atoms with Crippen LogP contribution < -0.4 is 10.5 Å². The molecule has 1 fully saturated rings. The molecular formula is C19H14ClFN2O4S. The summed E-state index contributed by atoms with van der Waals surface area (Å²) in [7, 11) is 0. The maximum absolute atomic E-state index is 13.8. The molecule has 6 nitrogen and oxygen atoms in total. The van der Waals surface area contributed by atoms with E-state index in [1.54, 1.807) is 30.3 Å². The second-order valence-corrected chi connectivity index (χ2v) is 7.20. The van der Waals surface area contributed by atoms with Crippen LogP contribution in [0.2, 0.25) is 5.02 Å². The minimum atomic E-state index is -0.772. The topological polar surface area (TPSA) is 89.7 Å². The second kappa shape index (κ2) is 8.45. The summed E-state index contributed by atoms with van der Waals surface area (Å²) in [4.78, 5) is 36.1. The Labute approximate surface area is 169 Å². The van der Waals surface area contributed by atoms with Gasteiger partial charge in [-0.05, 0) is 47.7 Å². The van der Waals surface area contributed by atoms with E-state index < -0.39 is 29.4 Å². The molecule has 3 rings (SSSR count). The van der Waals surface area contributed by atoms with Crippen molar-refractivity contribution in [2.45, 2.75) is 6.61 Å². The minimum absolute atomic E-state index is 0.0654. The maximum atomic E-state index is 13.8. The van der Waals surface area contributed by atoms with Gasteiger partial charge in [0.1, 0.15) is 24.7 Å². The predicted octanol–water partition coefficient (Wildman–Crippen LogP) is 3.58. The number of hydrogen-bond donors (Lipinski definition) is 1. The molecule has 2 aromatic carbocycles. The molecule has 2 N–H and O–H groups in total. The number of imide groups is 1. The van der Waals surface area contributed by atoms with Crippen LogP contribution in [-0.2, 0) is 16.2 Å². The number of nitrogens with zero attached hydrogens (tertiary/aromatic N) is 1. The quantitative estimate of drug-likeness (QED) is 0.721. The number of amides is 3. The Bertz CT molecular complexity index is 975. The van der Waals surface area contributed by atoms with Crippen LogP contribution in [0.5, 0.6) is 5.75 Å². The zero-order chi connectivity index (χ0) is 20.3. The van der Waals surface area contributed by atoms with Gasteiger partial charge in [-0.25, -0.2) is 4.39 Å². The maximum Gasteiger partial charge on any atom is 0.294 e. The summed E-state index contributed by atoms with van der Waals surface area (Å²) in [6.45, 7) is -0.529. The summed E-state index contributed by atoms with van der Waals surface area (Å²) in [5, 5.41) is -0.295. The van der Waals surface area contributed by atoms with Gasteiger partial charge in [-0.3, -0.25) is 19.3 Å². The van der Waals surface area contributed by atoms with E-state index in [4.69, 9.17) is 22.1 Å². The predicted molar refractivity (Wildman–Crippen MR) is 104 cm³/mol. The first-order valence-corrected chi connectivity index (χ1v) is 9.24. The van der Waals surface area contributed by atoms with Crippen LogP contribution >= 0.6 is 23.4 Å². The first-order valence-electron chi connectivity index (χ1n) is 8.04. The molecule has 1 aliphatic rings. The molecular weight excluding hydrogens is 407 g/mol. The zero-order valence-electron chi connectivity index (χ0n) is 14.4. The Kier molecular flexibility index (Phi) is 6.01. The SMILES string of the molecule is NC(=O)CN1C(=O)S/C(=C\c2cccc(OCc3c(F)cccc3Cl)c2)C1=O. The summed E-state index contributed by atoms with van der Waals surface area (Å²) in [5.41, 5.74) is 5.89. The fourth-order valence-electron chi connectivity index (χ4n) is 2.46. The van der Waals surface area contributed by atoms with E-state index in [0.717, 1.165) is 16.7 Å². The molecule has 1 aliphatic heterocycles. The molecule has 0 saturated carbocycles. The molecule has 0 aromatic heterocycles. The summed E-state index contributed by atoms with van der Waals surface area (Å²) in [6.07, 6.45) is 1.51. The largest absolute Gasteiger partial charge is 0.489 e. The van der Waals surface area contributed by atoms with Crippen molar-refractivity contribution in [1.82, 2.24) is 4.90 Å². The van der Waals surface area contributed by atoms with Gasteiger partial charge in [-0.15, -0.1) is 0 Å². The van der Waals surface area contributed by atoms with Gasteiger partial charge in [0.2, 0.25) is 5.91 Å². The van der Waals surface area contributed by atoms with Gasteiger partial charge in [-0.1, -0.05) is 29.8 Å². The third-order valence-electron chi connectivity index (χ3n) is 3.79. The Morgan fingerprint density at radius 1 is 1.25 bits per heavy atom. The number of ether oxygens (including phenoxy) is 1. The Morgan fingerprint density at radius 3 is 2.71 bits per heavy atom. The number of hydrogen-bond acceptors (Lipinski definition) is 5. The van der Waals surface area contributed by atoms with Crippen LogP contribution in [0.1, 0.15) is 11.1 Å². The number of thioether (sulfide) groups is 1. The van der Waals surface area contributed by atoms with Crippen molar-refractivity contribution in [3.8, 4) is 5.75 Å². The second-order valence-electron chi connectivity index (χ2n) is 5.80. The highest BCUT2D eigenvalue weighted by Crippen LogP contribution is 2.32. The molecule has 144 valence electrons. The average molecular weight is 421 g/mol. The number of nitrogens with two attached hydrogens (primary N) is 1. The van der Waals surface area contributed by atoms with Crippen LogP contribution in [-0.4, -0.2) is 28.5 Å². The smallest absolute Gasteiger partial charge is 0.294 e. The number of benzene rings is 2. The van der Waals surface area contributed by atoms with Gasteiger partial charge < -0.3 is 10.5 Å². The molecule has 0 aliphatic carbocycles. The lowest BCUT2D eigenvalue weighted by Gasteiger charge is -2.09. The van der Waals surface area contributed by atoms with Gasteiger partial charge in [0.15, 0.2) is 0 Å². The fraction of sp³-hybridized carbons (Fsp3) is 0.105. The van der Waals surface area contributed by atoms with Gasteiger partial charge in [0.05, 0.1) is 9.93 Å². The molecule has 0 bridgehead atoms. The molecule has 0 unspecified atom stereocenters. The van der Waals surface area contributed by atoms with E-state index in [-0.39, 0.29) is 22.1 Å². The molecule has 0 atom stereocenters.